The first kappa shape index (κ1) is 18.3. The molecule has 2 atom stereocenters. The van der Waals surface area contributed by atoms with Crippen LogP contribution in [0.1, 0.15) is 18.4 Å². The molecule has 0 aliphatic carbocycles. The maximum Gasteiger partial charge on any atom is 0.237 e. The lowest BCUT2D eigenvalue weighted by molar-refractivity contribution is -0.142. The monoisotopic (exact) mass is 350 g/mol. The lowest BCUT2D eigenvalue weighted by atomic mass is 9.92. The fourth-order valence-corrected chi connectivity index (χ4v) is 3.78. The molecule has 0 aromatic heterocycles. The van der Waals surface area contributed by atoms with E-state index in [2.05, 4.69) is 4.90 Å². The summed E-state index contributed by atoms with van der Waals surface area (Å²) in [6.07, 6.45) is 2.25. The zero-order valence-electron chi connectivity index (χ0n) is 14.8. The molecule has 0 bridgehead atoms. The minimum atomic E-state index is -0.219. The molecule has 2 aliphatic rings. The Balaban J connectivity index is 1.72. The van der Waals surface area contributed by atoms with Crippen LogP contribution in [0.25, 0.3) is 0 Å². The molecule has 6 heteroatoms. The smallest absolute Gasteiger partial charge is 0.237 e. The number of hydrogen-bond donors (Lipinski definition) is 0. The molecule has 2 fully saturated rings. The Bertz CT molecular complexity index is 578. The quantitative estimate of drug-likeness (QED) is 0.811. The highest BCUT2D eigenvalue weighted by Crippen LogP contribution is 2.25. The molecule has 0 unspecified atom stereocenters. The van der Waals surface area contributed by atoms with Gasteiger partial charge in [0.15, 0.2) is 0 Å². The molecule has 25 heavy (non-hydrogen) atoms. The Kier molecular flexibility index (Phi) is 6.39. The number of ether oxygens (including phenoxy) is 2. The van der Waals surface area contributed by atoms with Crippen LogP contribution < -0.4 is 0 Å². The first-order chi connectivity index (χ1) is 12.2. The Morgan fingerprint density at radius 2 is 2.04 bits per heavy atom. The molecule has 5 nitrogen and oxygen atoms in total. The maximum absolute atomic E-state index is 14.1. The van der Waals surface area contributed by atoms with Crippen LogP contribution in [0.3, 0.4) is 0 Å². The number of rotatable bonds is 5. The van der Waals surface area contributed by atoms with Gasteiger partial charge in [0.05, 0.1) is 31.9 Å². The van der Waals surface area contributed by atoms with Crippen molar-refractivity contribution in [3.05, 3.63) is 35.6 Å². The summed E-state index contributed by atoms with van der Waals surface area (Å²) >= 11 is 0. The molecule has 0 saturated carbocycles. The third kappa shape index (κ3) is 4.57. The number of halogens is 1. The van der Waals surface area contributed by atoms with Gasteiger partial charge in [-0.15, -0.1) is 0 Å². The number of carbonyl (C=O) groups excluding carboxylic acids is 1. The molecule has 0 radical (unpaired) electrons. The van der Waals surface area contributed by atoms with Gasteiger partial charge in [0.2, 0.25) is 5.91 Å². The van der Waals surface area contributed by atoms with Crippen LogP contribution in [0, 0.1) is 5.82 Å². The van der Waals surface area contributed by atoms with Crippen LogP contribution in [0.5, 0.6) is 0 Å². The highest BCUT2D eigenvalue weighted by atomic mass is 19.1. The zero-order valence-corrected chi connectivity index (χ0v) is 14.8. The number of hydrogen-bond acceptors (Lipinski definition) is 4. The van der Waals surface area contributed by atoms with Gasteiger partial charge in [0.1, 0.15) is 5.82 Å². The minimum absolute atomic E-state index is 0.0537. The van der Waals surface area contributed by atoms with E-state index in [1.807, 2.05) is 11.0 Å². The number of likely N-dealkylation sites (tertiary alicyclic amines) is 1. The molecule has 2 saturated heterocycles. The SMILES string of the molecule is CO[C@H]1CCCN(C(=O)CN2CCOCC2)[C@H]1Cc1ccccc1F. The van der Waals surface area contributed by atoms with E-state index in [4.69, 9.17) is 9.47 Å². The second-order valence-corrected chi connectivity index (χ2v) is 6.75. The van der Waals surface area contributed by atoms with E-state index >= 15 is 0 Å². The molecule has 1 aromatic carbocycles. The summed E-state index contributed by atoms with van der Waals surface area (Å²) in [4.78, 5) is 16.9. The largest absolute Gasteiger partial charge is 0.379 e. The van der Waals surface area contributed by atoms with Gasteiger partial charge >= 0.3 is 0 Å². The van der Waals surface area contributed by atoms with E-state index < -0.39 is 0 Å². The number of morpholine rings is 1. The van der Waals surface area contributed by atoms with Crippen molar-refractivity contribution in [2.75, 3.05) is 46.5 Å². The van der Waals surface area contributed by atoms with Crippen LogP contribution in [0.4, 0.5) is 4.39 Å². The summed E-state index contributed by atoms with van der Waals surface area (Å²) in [5.41, 5.74) is 0.639. The van der Waals surface area contributed by atoms with Crippen LogP contribution in [0.2, 0.25) is 0 Å². The highest BCUT2D eigenvalue weighted by molar-refractivity contribution is 5.79. The number of piperidine rings is 1. The van der Waals surface area contributed by atoms with Gasteiger partial charge in [0, 0.05) is 26.7 Å². The predicted octanol–water partition coefficient (Wildman–Crippen LogP) is 1.71. The maximum atomic E-state index is 14.1. The first-order valence-corrected chi connectivity index (χ1v) is 9.05. The van der Waals surface area contributed by atoms with E-state index in [9.17, 15) is 9.18 Å². The molecular formula is C19H27FN2O3. The summed E-state index contributed by atoms with van der Waals surface area (Å²) in [6.45, 7) is 4.02. The molecule has 0 N–H and O–H groups in total. The minimum Gasteiger partial charge on any atom is -0.379 e. The summed E-state index contributed by atoms with van der Waals surface area (Å²) in [5, 5.41) is 0. The Morgan fingerprint density at radius 1 is 1.28 bits per heavy atom. The van der Waals surface area contributed by atoms with E-state index in [1.165, 1.54) is 6.07 Å². The van der Waals surface area contributed by atoms with Crippen molar-refractivity contribution in [2.24, 2.45) is 0 Å². The average molecular weight is 350 g/mol. The van der Waals surface area contributed by atoms with E-state index in [0.717, 1.165) is 25.9 Å². The zero-order chi connectivity index (χ0) is 17.6. The standard InChI is InChI=1S/C19H27FN2O3/c1-24-18-7-4-8-22(19(23)14-21-9-11-25-12-10-21)17(18)13-15-5-2-3-6-16(15)20/h2-3,5-6,17-18H,4,7-14H2,1H3/t17-,18-/m0/s1. The summed E-state index contributed by atoms with van der Waals surface area (Å²) < 4.78 is 25.1. The topological polar surface area (TPSA) is 42.0 Å². The van der Waals surface area contributed by atoms with E-state index in [-0.39, 0.29) is 23.9 Å². The van der Waals surface area contributed by atoms with E-state index in [0.29, 0.717) is 38.3 Å². The molecular weight excluding hydrogens is 323 g/mol. The summed E-state index contributed by atoms with van der Waals surface area (Å²) in [6, 6.07) is 6.67. The molecule has 1 amide bonds. The molecule has 1 aromatic rings. The molecule has 0 spiro atoms. The molecule has 2 heterocycles. The van der Waals surface area contributed by atoms with Gasteiger partial charge in [-0.2, -0.15) is 0 Å². The second-order valence-electron chi connectivity index (χ2n) is 6.75. The number of benzene rings is 1. The van der Waals surface area contributed by atoms with Crippen molar-refractivity contribution >= 4 is 5.91 Å². The van der Waals surface area contributed by atoms with Crippen LogP contribution in [0.15, 0.2) is 24.3 Å². The van der Waals surface area contributed by atoms with Crippen LogP contribution >= 0.6 is 0 Å². The van der Waals surface area contributed by atoms with E-state index in [1.54, 1.807) is 19.2 Å². The molecule has 138 valence electrons. The predicted molar refractivity (Wildman–Crippen MR) is 92.9 cm³/mol. The van der Waals surface area contributed by atoms with Crippen molar-refractivity contribution in [2.45, 2.75) is 31.4 Å². The van der Waals surface area contributed by atoms with Gasteiger partial charge in [0.25, 0.3) is 0 Å². The van der Waals surface area contributed by atoms with Crippen molar-refractivity contribution in [3.63, 3.8) is 0 Å². The van der Waals surface area contributed by atoms with Gasteiger partial charge in [-0.1, -0.05) is 18.2 Å². The average Bonchev–Trinajstić information content (AvgIpc) is 2.64. The van der Waals surface area contributed by atoms with Gasteiger partial charge in [-0.25, -0.2) is 4.39 Å². The number of carbonyl (C=O) groups is 1. The van der Waals surface area contributed by atoms with Crippen molar-refractivity contribution in [3.8, 4) is 0 Å². The summed E-state index contributed by atoms with van der Waals surface area (Å²) in [5.74, 6) is -0.117. The fraction of sp³-hybridized carbons (Fsp3) is 0.632. The van der Waals surface area contributed by atoms with Crippen LogP contribution in [-0.2, 0) is 20.7 Å². The van der Waals surface area contributed by atoms with Crippen LogP contribution in [-0.4, -0.2) is 74.4 Å². The third-order valence-corrected chi connectivity index (χ3v) is 5.19. The van der Waals surface area contributed by atoms with Gasteiger partial charge in [-0.05, 0) is 30.9 Å². The highest BCUT2D eigenvalue weighted by Gasteiger charge is 2.35. The van der Waals surface area contributed by atoms with Crippen molar-refractivity contribution in [1.29, 1.82) is 0 Å². The third-order valence-electron chi connectivity index (χ3n) is 5.19. The number of methoxy groups -OCH3 is 1. The first-order valence-electron chi connectivity index (χ1n) is 9.05. The second kappa shape index (κ2) is 8.74. The molecule has 3 rings (SSSR count). The Morgan fingerprint density at radius 3 is 2.76 bits per heavy atom. The molecule has 2 aliphatic heterocycles. The normalized spacial score (nSPS) is 25.1. The fourth-order valence-electron chi connectivity index (χ4n) is 3.78. The van der Waals surface area contributed by atoms with Crippen molar-refractivity contribution in [1.82, 2.24) is 9.80 Å². The Hall–Kier alpha value is -1.50. The Labute approximate surface area is 148 Å². The van der Waals surface area contributed by atoms with Gasteiger partial charge in [-0.3, -0.25) is 9.69 Å². The number of nitrogens with zero attached hydrogens (tertiary/aromatic N) is 2. The van der Waals surface area contributed by atoms with Gasteiger partial charge < -0.3 is 14.4 Å². The number of amides is 1. The summed E-state index contributed by atoms with van der Waals surface area (Å²) in [7, 11) is 1.68. The van der Waals surface area contributed by atoms with Crippen molar-refractivity contribution < 1.29 is 18.7 Å². The lowest BCUT2D eigenvalue weighted by Crippen LogP contribution is -2.55. The lowest BCUT2D eigenvalue weighted by Gasteiger charge is -2.42.